The van der Waals surface area contributed by atoms with Gasteiger partial charge in [0.25, 0.3) is 0 Å². The molecular formula is C75H96. The van der Waals surface area contributed by atoms with Crippen molar-refractivity contribution in [1.29, 1.82) is 0 Å². The van der Waals surface area contributed by atoms with Crippen LogP contribution in [0.5, 0.6) is 0 Å². The first-order valence-corrected chi connectivity index (χ1v) is 27.6. The fourth-order valence-electron chi connectivity index (χ4n) is 10.1. The van der Waals surface area contributed by atoms with Crippen LogP contribution in [0.4, 0.5) is 0 Å². The Bertz CT molecular complexity index is 2140. The van der Waals surface area contributed by atoms with Crippen LogP contribution in [0.25, 0.3) is 36.5 Å². The van der Waals surface area contributed by atoms with E-state index in [0.29, 0.717) is 0 Å². The van der Waals surface area contributed by atoms with E-state index in [1.54, 1.807) is 0 Å². The molecule has 0 unspecified atom stereocenters. The molecule has 0 amide bonds. The number of hydrogen-bond donors (Lipinski definition) is 0. The summed E-state index contributed by atoms with van der Waals surface area (Å²) in [5, 5.41) is 0. The van der Waals surface area contributed by atoms with Crippen molar-refractivity contribution in [2.75, 3.05) is 0 Å². The molecule has 0 aromatic heterocycles. The second-order valence-corrected chi connectivity index (χ2v) is 21.6. The van der Waals surface area contributed by atoms with Gasteiger partial charge in [-0.1, -0.05) is 274 Å². The van der Waals surface area contributed by atoms with E-state index in [0.717, 1.165) is 35.5 Å². The van der Waals surface area contributed by atoms with E-state index in [-0.39, 0.29) is 22.3 Å². The van der Waals surface area contributed by atoms with Gasteiger partial charge in [-0.15, -0.1) is 0 Å². The number of allylic oxidation sites excluding steroid dienone is 6. The lowest BCUT2D eigenvalue weighted by atomic mass is 9.81. The standard InChI is InChI=1S/3C24H28.3CH4/c3*1-19-3-7-21(8-4-19)11-13-23-15-17-24(18-16-23)14-12-22-9-5-20(2)6-10-22;;;/h3*3-14,23-24H,15-18H2,1-2H3;3*1H4. The Kier molecular flexibility index (Phi) is 26.9. The summed E-state index contributed by atoms with van der Waals surface area (Å²) in [5.74, 6) is 4.47. The van der Waals surface area contributed by atoms with E-state index < -0.39 is 0 Å². The molecule has 9 rings (SSSR count). The summed E-state index contributed by atoms with van der Waals surface area (Å²) in [6.07, 6.45) is 44.0. The average molecular weight is 998 g/mol. The van der Waals surface area contributed by atoms with Crippen molar-refractivity contribution in [2.24, 2.45) is 35.5 Å². The van der Waals surface area contributed by atoms with Crippen molar-refractivity contribution in [3.63, 3.8) is 0 Å². The summed E-state index contributed by atoms with van der Waals surface area (Å²) in [6.45, 7) is 12.8. The fraction of sp³-hybridized carbons (Fsp3) is 0.360. The molecule has 75 heavy (non-hydrogen) atoms. The molecule has 3 aliphatic carbocycles. The molecule has 0 N–H and O–H groups in total. The lowest BCUT2D eigenvalue weighted by Crippen LogP contribution is -2.11. The Morgan fingerprint density at radius 2 is 0.307 bits per heavy atom. The highest BCUT2D eigenvalue weighted by atomic mass is 14.2. The highest BCUT2D eigenvalue weighted by molar-refractivity contribution is 5.54. The van der Waals surface area contributed by atoms with Crippen molar-refractivity contribution in [3.8, 4) is 0 Å². The summed E-state index contributed by atoms with van der Waals surface area (Å²) in [6, 6.07) is 52.8. The maximum atomic E-state index is 2.42. The summed E-state index contributed by atoms with van der Waals surface area (Å²) in [7, 11) is 0. The minimum absolute atomic E-state index is 0. The van der Waals surface area contributed by atoms with Crippen molar-refractivity contribution in [1.82, 2.24) is 0 Å². The van der Waals surface area contributed by atoms with E-state index in [2.05, 4.69) is 260 Å². The molecule has 0 radical (unpaired) electrons. The zero-order chi connectivity index (χ0) is 50.3. The zero-order valence-corrected chi connectivity index (χ0v) is 44.7. The zero-order valence-electron chi connectivity index (χ0n) is 44.7. The van der Waals surface area contributed by atoms with Crippen LogP contribution < -0.4 is 0 Å². The van der Waals surface area contributed by atoms with Gasteiger partial charge in [0.2, 0.25) is 0 Å². The molecule has 3 aliphatic rings. The van der Waals surface area contributed by atoms with Crippen LogP contribution >= 0.6 is 0 Å². The highest BCUT2D eigenvalue weighted by Crippen LogP contribution is 2.34. The van der Waals surface area contributed by atoms with Gasteiger partial charge in [0, 0.05) is 0 Å². The molecule has 0 heteroatoms. The molecule has 0 atom stereocenters. The van der Waals surface area contributed by atoms with Gasteiger partial charge < -0.3 is 0 Å². The largest absolute Gasteiger partial charge is 0.0808 e. The topological polar surface area (TPSA) is 0 Å². The third-order valence-electron chi connectivity index (χ3n) is 15.3. The Morgan fingerprint density at radius 1 is 0.200 bits per heavy atom. The van der Waals surface area contributed by atoms with Crippen molar-refractivity contribution in [2.45, 2.75) is 141 Å². The number of hydrogen-bond acceptors (Lipinski definition) is 0. The van der Waals surface area contributed by atoms with Crippen LogP contribution in [0.3, 0.4) is 0 Å². The molecule has 0 saturated heterocycles. The lowest BCUT2D eigenvalue weighted by Gasteiger charge is -2.24. The second kappa shape index (κ2) is 32.9. The normalized spacial score (nSPS) is 20.7. The summed E-state index contributed by atoms with van der Waals surface area (Å²) >= 11 is 0. The molecule has 396 valence electrons. The van der Waals surface area contributed by atoms with Crippen LogP contribution in [0, 0.1) is 77.0 Å². The van der Waals surface area contributed by atoms with Gasteiger partial charge in [-0.2, -0.15) is 0 Å². The van der Waals surface area contributed by atoms with E-state index in [4.69, 9.17) is 0 Å². The molecule has 3 fully saturated rings. The van der Waals surface area contributed by atoms with E-state index in [1.165, 1.54) is 144 Å². The first-order chi connectivity index (χ1) is 35.1. The average Bonchev–Trinajstić information content (AvgIpc) is 3.41. The fourth-order valence-corrected chi connectivity index (χ4v) is 10.1. The molecule has 3 saturated carbocycles. The molecule has 6 aromatic rings. The summed E-state index contributed by atoms with van der Waals surface area (Å²) in [5.41, 5.74) is 15.9. The van der Waals surface area contributed by atoms with E-state index in [9.17, 15) is 0 Å². The Hall–Kier alpha value is -6.24. The van der Waals surface area contributed by atoms with Gasteiger partial charge in [0.15, 0.2) is 0 Å². The molecular weight excluding hydrogens is 901 g/mol. The SMILES string of the molecule is C.C.C.Cc1ccc(C=CC2CCC(C=Cc3ccc(C)cc3)CC2)cc1.Cc1ccc(C=CC2CCC(C=Cc3ccc(C)cc3)CC2)cc1.Cc1ccc(C=CC2CCC(C=Cc3ccc(C)cc3)CC2)cc1. The monoisotopic (exact) mass is 997 g/mol. The first-order valence-electron chi connectivity index (χ1n) is 27.6. The molecule has 0 aliphatic heterocycles. The number of benzene rings is 6. The van der Waals surface area contributed by atoms with Crippen LogP contribution in [0.2, 0.25) is 0 Å². The Balaban J connectivity index is 0.000000239. The van der Waals surface area contributed by atoms with Crippen LogP contribution in [-0.2, 0) is 0 Å². The van der Waals surface area contributed by atoms with Gasteiger partial charge in [-0.3, -0.25) is 0 Å². The van der Waals surface area contributed by atoms with Gasteiger partial charge >= 0.3 is 0 Å². The lowest BCUT2D eigenvalue weighted by molar-refractivity contribution is 0.358. The van der Waals surface area contributed by atoms with Crippen molar-refractivity contribution in [3.05, 3.63) is 249 Å². The minimum atomic E-state index is 0. The quantitative estimate of drug-likeness (QED) is 0.115. The Labute approximate surface area is 459 Å². The van der Waals surface area contributed by atoms with Gasteiger partial charge in [-0.25, -0.2) is 0 Å². The number of aryl methyl sites for hydroxylation is 6. The van der Waals surface area contributed by atoms with Crippen LogP contribution in [0.1, 0.15) is 166 Å². The smallest absolute Gasteiger partial charge is 0.0230 e. The summed E-state index contributed by atoms with van der Waals surface area (Å²) < 4.78 is 0. The minimum Gasteiger partial charge on any atom is -0.0808 e. The van der Waals surface area contributed by atoms with Gasteiger partial charge in [-0.05, 0) is 187 Å². The second-order valence-electron chi connectivity index (χ2n) is 21.6. The van der Waals surface area contributed by atoms with E-state index >= 15 is 0 Å². The predicted molar refractivity (Wildman–Crippen MR) is 338 cm³/mol. The van der Waals surface area contributed by atoms with Crippen molar-refractivity contribution >= 4 is 36.5 Å². The molecule has 0 heterocycles. The van der Waals surface area contributed by atoms with Crippen LogP contribution in [0.15, 0.2) is 182 Å². The predicted octanol–water partition coefficient (Wildman–Crippen LogP) is 22.4. The summed E-state index contributed by atoms with van der Waals surface area (Å²) in [4.78, 5) is 0. The third-order valence-corrected chi connectivity index (χ3v) is 15.3. The van der Waals surface area contributed by atoms with Crippen molar-refractivity contribution < 1.29 is 0 Å². The highest BCUT2D eigenvalue weighted by Gasteiger charge is 2.19. The number of rotatable bonds is 12. The maximum absolute atomic E-state index is 2.42. The maximum Gasteiger partial charge on any atom is -0.0230 e. The van der Waals surface area contributed by atoms with Crippen LogP contribution in [-0.4, -0.2) is 0 Å². The Morgan fingerprint density at radius 3 is 0.413 bits per heavy atom. The molecule has 6 aromatic carbocycles. The third kappa shape index (κ3) is 22.6. The van der Waals surface area contributed by atoms with Gasteiger partial charge in [0.1, 0.15) is 0 Å². The molecule has 0 bridgehead atoms. The first kappa shape index (κ1) is 61.3. The van der Waals surface area contributed by atoms with E-state index in [1.807, 2.05) is 0 Å². The molecule has 0 nitrogen and oxygen atoms in total. The molecule has 0 spiro atoms. The van der Waals surface area contributed by atoms with Gasteiger partial charge in [0.05, 0.1) is 0 Å².